The van der Waals surface area contributed by atoms with E-state index in [1.165, 1.54) is 12.1 Å². The molecule has 0 amide bonds. The molecule has 0 fully saturated rings. The zero-order valence-corrected chi connectivity index (χ0v) is 14.6. The maximum absolute atomic E-state index is 12.3. The Morgan fingerprint density at radius 2 is 1.92 bits per heavy atom. The first-order valence-corrected chi connectivity index (χ1v) is 8.58. The maximum Gasteiger partial charge on any atom is 0.312 e. The fourth-order valence-electron chi connectivity index (χ4n) is 2.77. The maximum atomic E-state index is 12.3. The van der Waals surface area contributed by atoms with Crippen LogP contribution in [-0.2, 0) is 0 Å². The lowest BCUT2D eigenvalue weighted by atomic mass is 9.97. The molecule has 0 bridgehead atoms. The van der Waals surface area contributed by atoms with Crippen LogP contribution < -0.4 is 0 Å². The molecule has 136 valence electrons. The van der Waals surface area contributed by atoms with Crippen LogP contribution in [0.3, 0.4) is 0 Å². The van der Waals surface area contributed by atoms with Crippen molar-refractivity contribution in [3.05, 3.63) is 57.6 Å². The number of benzene rings is 2. The van der Waals surface area contributed by atoms with E-state index in [1.54, 1.807) is 24.3 Å². The van der Waals surface area contributed by atoms with Gasteiger partial charge in [0.1, 0.15) is 0 Å². The Balaban J connectivity index is 2.32. The second kappa shape index (κ2) is 8.89. The van der Waals surface area contributed by atoms with Gasteiger partial charge in [0.05, 0.1) is 10.5 Å². The molecule has 6 heteroatoms. The Hall–Kier alpha value is -3.02. The number of hydrogen-bond donors (Lipinski definition) is 1. The van der Waals surface area contributed by atoms with Crippen molar-refractivity contribution in [1.29, 1.82) is 0 Å². The van der Waals surface area contributed by atoms with Gasteiger partial charge in [-0.3, -0.25) is 19.7 Å². The third kappa shape index (κ3) is 4.53. The summed E-state index contributed by atoms with van der Waals surface area (Å²) < 4.78 is 0. The predicted molar refractivity (Wildman–Crippen MR) is 98.7 cm³/mol. The summed E-state index contributed by atoms with van der Waals surface area (Å²) >= 11 is 0. The summed E-state index contributed by atoms with van der Waals surface area (Å²) in [5.41, 5.74) is 0.807. The van der Waals surface area contributed by atoms with Gasteiger partial charge >= 0.3 is 5.69 Å². The molecular weight excluding hydrogens is 334 g/mol. The second-order valence-electron chi connectivity index (χ2n) is 6.12. The number of nitro benzene ring substituents is 1. The van der Waals surface area contributed by atoms with Crippen molar-refractivity contribution in [3.63, 3.8) is 0 Å². The molecule has 0 saturated carbocycles. The normalized spacial score (nSPS) is 10.5. The molecule has 0 aliphatic heterocycles. The highest BCUT2D eigenvalue weighted by Gasteiger charge is 2.19. The molecule has 6 nitrogen and oxygen atoms in total. The van der Waals surface area contributed by atoms with Crippen LogP contribution >= 0.6 is 0 Å². The smallest absolute Gasteiger partial charge is 0.312 e. The number of aromatic hydroxyl groups is 1. The summed E-state index contributed by atoms with van der Waals surface area (Å²) in [5.74, 6) is -0.635. The van der Waals surface area contributed by atoms with Crippen LogP contribution in [0.4, 0.5) is 5.69 Å². The first-order valence-electron chi connectivity index (χ1n) is 8.58. The number of Topliss-reactive ketones (excluding diaryl/α,β-unsaturated/α-hetero) is 1. The minimum atomic E-state index is -0.741. The first kappa shape index (κ1) is 19.3. The fraction of sp³-hybridized carbons (Fsp3) is 0.300. The van der Waals surface area contributed by atoms with Crippen LogP contribution in [-0.4, -0.2) is 22.1 Å². The molecule has 2 rings (SSSR count). The Morgan fingerprint density at radius 1 is 1.15 bits per heavy atom. The van der Waals surface area contributed by atoms with Gasteiger partial charge in [0.25, 0.3) is 0 Å². The number of aldehydes is 1. The monoisotopic (exact) mass is 355 g/mol. The van der Waals surface area contributed by atoms with Crippen LogP contribution in [0.15, 0.2) is 36.4 Å². The van der Waals surface area contributed by atoms with E-state index in [-0.39, 0.29) is 11.3 Å². The zero-order chi connectivity index (χ0) is 19.1. The van der Waals surface area contributed by atoms with Gasteiger partial charge in [-0.05, 0) is 29.7 Å². The molecule has 1 N–H and O–H groups in total. The third-order valence-electron chi connectivity index (χ3n) is 4.22. The van der Waals surface area contributed by atoms with Crippen LogP contribution in [0.5, 0.6) is 5.75 Å². The molecule has 2 aromatic rings. The molecule has 0 aliphatic rings. The Kier molecular flexibility index (Phi) is 6.60. The highest BCUT2D eigenvalue weighted by atomic mass is 16.6. The van der Waals surface area contributed by atoms with E-state index in [4.69, 9.17) is 0 Å². The van der Waals surface area contributed by atoms with E-state index in [2.05, 4.69) is 6.92 Å². The summed E-state index contributed by atoms with van der Waals surface area (Å²) in [6.45, 7) is 2.11. The van der Waals surface area contributed by atoms with Crippen molar-refractivity contribution in [1.82, 2.24) is 0 Å². The summed E-state index contributed by atoms with van der Waals surface area (Å²) in [7, 11) is 0. The van der Waals surface area contributed by atoms with E-state index >= 15 is 0 Å². The summed E-state index contributed by atoms with van der Waals surface area (Å²) in [6.07, 6.45) is 4.86. The summed E-state index contributed by atoms with van der Waals surface area (Å²) in [5, 5.41) is 20.9. The lowest BCUT2D eigenvalue weighted by Crippen LogP contribution is -1.99. The largest absolute Gasteiger partial charge is 0.502 e. The minimum Gasteiger partial charge on any atom is -0.502 e. The number of nitrogens with zero attached hydrogens (tertiary/aromatic N) is 1. The van der Waals surface area contributed by atoms with Gasteiger partial charge in [-0.15, -0.1) is 0 Å². The first-order chi connectivity index (χ1) is 12.5. The Bertz CT molecular complexity index is 829. The van der Waals surface area contributed by atoms with Crippen molar-refractivity contribution < 1.29 is 19.6 Å². The number of unbranched alkanes of at least 4 members (excludes halogenated alkanes) is 3. The molecule has 0 heterocycles. The molecule has 0 saturated heterocycles. The second-order valence-corrected chi connectivity index (χ2v) is 6.12. The van der Waals surface area contributed by atoms with E-state index in [9.17, 15) is 24.8 Å². The van der Waals surface area contributed by atoms with Crippen molar-refractivity contribution >= 4 is 17.8 Å². The van der Waals surface area contributed by atoms with Gasteiger partial charge in [-0.2, -0.15) is 0 Å². The zero-order valence-electron chi connectivity index (χ0n) is 14.6. The minimum absolute atomic E-state index is 0.0202. The molecule has 0 unspecified atom stereocenters. The van der Waals surface area contributed by atoms with E-state index in [1.807, 2.05) is 0 Å². The molecule has 0 aliphatic carbocycles. The topological polar surface area (TPSA) is 97.5 Å². The van der Waals surface area contributed by atoms with Gasteiger partial charge < -0.3 is 5.11 Å². The van der Waals surface area contributed by atoms with Gasteiger partial charge in [0.15, 0.2) is 12.1 Å². The van der Waals surface area contributed by atoms with Crippen LogP contribution in [0.1, 0.15) is 59.7 Å². The standard InChI is InChI=1S/C20H21NO5/c1-2-3-4-5-9-19(23)15-8-6-7-14(10-15)16-11-17(13-22)20(24)18(12-16)21(25)26/h6-8,10-13,24H,2-5,9H2,1H3. The number of hydrogen-bond acceptors (Lipinski definition) is 5. The van der Waals surface area contributed by atoms with Gasteiger partial charge in [-0.1, -0.05) is 44.4 Å². The van der Waals surface area contributed by atoms with E-state index < -0.39 is 16.4 Å². The molecular formula is C20H21NO5. The fourth-order valence-corrected chi connectivity index (χ4v) is 2.77. The number of carbonyl (C=O) groups is 2. The van der Waals surface area contributed by atoms with Crippen molar-refractivity contribution in [2.45, 2.75) is 39.0 Å². The van der Waals surface area contributed by atoms with Crippen LogP contribution in [0.25, 0.3) is 11.1 Å². The lowest BCUT2D eigenvalue weighted by molar-refractivity contribution is -0.385. The third-order valence-corrected chi connectivity index (χ3v) is 4.22. The molecule has 2 aromatic carbocycles. The highest BCUT2D eigenvalue weighted by molar-refractivity contribution is 5.97. The average Bonchev–Trinajstić information content (AvgIpc) is 2.65. The number of rotatable bonds is 9. The number of nitro groups is 1. The van der Waals surface area contributed by atoms with Gasteiger partial charge in [-0.25, -0.2) is 0 Å². The molecule has 0 aromatic heterocycles. The number of ketones is 1. The molecule has 0 spiro atoms. The quantitative estimate of drug-likeness (QED) is 0.226. The van der Waals surface area contributed by atoms with Crippen molar-refractivity contribution in [2.75, 3.05) is 0 Å². The SMILES string of the molecule is CCCCCCC(=O)c1cccc(-c2cc(C=O)c(O)c([N+](=O)[O-])c2)c1. The van der Waals surface area contributed by atoms with Crippen LogP contribution in [0, 0.1) is 10.1 Å². The molecule has 0 atom stereocenters. The summed E-state index contributed by atoms with van der Waals surface area (Å²) in [6, 6.07) is 9.35. The average molecular weight is 355 g/mol. The van der Waals surface area contributed by atoms with Crippen LogP contribution in [0.2, 0.25) is 0 Å². The Morgan fingerprint density at radius 3 is 2.58 bits per heavy atom. The number of phenols is 1. The van der Waals surface area contributed by atoms with Gasteiger partial charge in [0.2, 0.25) is 5.75 Å². The summed E-state index contributed by atoms with van der Waals surface area (Å²) in [4.78, 5) is 33.8. The molecule has 0 radical (unpaired) electrons. The number of carbonyl (C=O) groups excluding carboxylic acids is 2. The Labute approximate surface area is 151 Å². The highest BCUT2D eigenvalue weighted by Crippen LogP contribution is 2.34. The lowest BCUT2D eigenvalue weighted by Gasteiger charge is -2.08. The van der Waals surface area contributed by atoms with E-state index in [0.717, 1.165) is 25.7 Å². The molecule has 26 heavy (non-hydrogen) atoms. The van der Waals surface area contributed by atoms with E-state index in [0.29, 0.717) is 29.4 Å². The predicted octanol–water partition coefficient (Wildman–Crippen LogP) is 4.93. The van der Waals surface area contributed by atoms with Gasteiger partial charge in [0, 0.05) is 18.1 Å². The van der Waals surface area contributed by atoms with Crippen molar-refractivity contribution in [3.8, 4) is 16.9 Å². The number of phenolic OH excluding ortho intramolecular Hbond substituents is 1. The van der Waals surface area contributed by atoms with Crippen molar-refractivity contribution in [2.24, 2.45) is 0 Å².